The Hall–Kier alpha value is -1.95. The second-order valence-electron chi connectivity index (χ2n) is 4.50. The average Bonchev–Trinajstić information content (AvgIpc) is 2.73. The zero-order chi connectivity index (χ0) is 14.7. The van der Waals surface area contributed by atoms with E-state index in [4.69, 9.17) is 10.5 Å². The third-order valence-electron chi connectivity index (χ3n) is 3.18. The summed E-state index contributed by atoms with van der Waals surface area (Å²) in [6.07, 6.45) is -2.46. The summed E-state index contributed by atoms with van der Waals surface area (Å²) < 4.78 is 31.7. The van der Waals surface area contributed by atoms with Crippen molar-refractivity contribution in [2.75, 3.05) is 19.5 Å². The van der Waals surface area contributed by atoms with E-state index in [0.29, 0.717) is 24.7 Å². The number of nitrogens with zero attached hydrogens (tertiary/aromatic N) is 2. The van der Waals surface area contributed by atoms with Crippen LogP contribution in [0.4, 0.5) is 14.6 Å². The lowest BCUT2D eigenvalue weighted by atomic mass is 10.1. The van der Waals surface area contributed by atoms with Crippen molar-refractivity contribution in [2.24, 2.45) is 0 Å². The van der Waals surface area contributed by atoms with Gasteiger partial charge in [0.25, 0.3) is 6.43 Å². The molecule has 0 amide bonds. The van der Waals surface area contributed by atoms with Gasteiger partial charge in [-0.25, -0.2) is 13.5 Å². The molecule has 0 aliphatic carbocycles. The van der Waals surface area contributed by atoms with Gasteiger partial charge in [-0.2, -0.15) is 5.10 Å². The minimum absolute atomic E-state index is 0.00168. The van der Waals surface area contributed by atoms with Gasteiger partial charge in [-0.1, -0.05) is 24.3 Å². The lowest BCUT2D eigenvalue weighted by Gasteiger charge is -2.02. The molecule has 4 nitrogen and oxygen atoms in total. The third-order valence-corrected chi connectivity index (χ3v) is 3.18. The van der Waals surface area contributed by atoms with Crippen molar-refractivity contribution in [3.63, 3.8) is 0 Å². The Kier molecular flexibility index (Phi) is 4.34. The Morgan fingerprint density at radius 2 is 1.95 bits per heavy atom. The minimum Gasteiger partial charge on any atom is -0.384 e. The fraction of sp³-hybridized carbons (Fsp3) is 0.357. The van der Waals surface area contributed by atoms with Crippen molar-refractivity contribution in [2.45, 2.75) is 19.9 Å². The second kappa shape index (κ2) is 6.00. The first kappa shape index (κ1) is 14.5. The number of hydrogen-bond donors (Lipinski definition) is 1. The molecule has 1 aromatic carbocycles. The molecule has 0 aliphatic rings. The number of benzene rings is 1. The van der Waals surface area contributed by atoms with Crippen molar-refractivity contribution in [1.29, 1.82) is 0 Å². The summed E-state index contributed by atoms with van der Waals surface area (Å²) >= 11 is 0. The van der Waals surface area contributed by atoms with Crippen LogP contribution >= 0.6 is 0 Å². The van der Waals surface area contributed by atoms with Gasteiger partial charge in [-0.05, 0) is 6.92 Å². The van der Waals surface area contributed by atoms with E-state index >= 15 is 0 Å². The predicted molar refractivity (Wildman–Crippen MR) is 73.6 cm³/mol. The Morgan fingerprint density at radius 1 is 1.30 bits per heavy atom. The van der Waals surface area contributed by atoms with E-state index < -0.39 is 6.43 Å². The molecular weight excluding hydrogens is 264 g/mol. The number of aromatic nitrogens is 2. The maximum Gasteiger partial charge on any atom is 0.263 e. The molecule has 0 unspecified atom stereocenters. The number of nitrogen functional groups attached to an aromatic ring is 1. The van der Waals surface area contributed by atoms with Crippen LogP contribution in [0.3, 0.4) is 0 Å². The van der Waals surface area contributed by atoms with Crippen LogP contribution in [-0.2, 0) is 11.3 Å². The highest BCUT2D eigenvalue weighted by Crippen LogP contribution is 2.28. The van der Waals surface area contributed by atoms with Gasteiger partial charge in [0.2, 0.25) is 0 Å². The van der Waals surface area contributed by atoms with E-state index in [1.54, 1.807) is 23.9 Å². The summed E-state index contributed by atoms with van der Waals surface area (Å²) in [7, 11) is 1.61. The lowest BCUT2D eigenvalue weighted by molar-refractivity contribution is 0.151. The summed E-state index contributed by atoms with van der Waals surface area (Å²) in [5.74, 6) is 0.565. The molecule has 6 heteroatoms. The Morgan fingerprint density at radius 3 is 2.50 bits per heavy atom. The molecule has 1 aromatic heterocycles. The van der Waals surface area contributed by atoms with Crippen molar-refractivity contribution >= 4 is 5.82 Å². The molecule has 0 bridgehead atoms. The number of halogens is 2. The number of methoxy groups -OCH3 is 1. The molecule has 1 heterocycles. The number of anilines is 1. The fourth-order valence-electron chi connectivity index (χ4n) is 1.97. The molecule has 2 aromatic rings. The first-order valence-corrected chi connectivity index (χ1v) is 6.25. The second-order valence-corrected chi connectivity index (χ2v) is 4.50. The van der Waals surface area contributed by atoms with Crippen LogP contribution in [0, 0.1) is 6.92 Å². The quantitative estimate of drug-likeness (QED) is 0.916. The smallest absolute Gasteiger partial charge is 0.263 e. The molecular formula is C14H17F2N3O. The normalized spacial score (nSPS) is 11.2. The summed E-state index contributed by atoms with van der Waals surface area (Å²) in [5.41, 5.74) is 8.30. The molecule has 0 aliphatic heterocycles. The first-order valence-electron chi connectivity index (χ1n) is 6.25. The van der Waals surface area contributed by atoms with Crippen LogP contribution in [0.15, 0.2) is 24.3 Å². The molecule has 2 rings (SSSR count). The van der Waals surface area contributed by atoms with Gasteiger partial charge < -0.3 is 10.5 Å². The van der Waals surface area contributed by atoms with E-state index in [1.807, 2.05) is 6.92 Å². The minimum atomic E-state index is -2.46. The Bertz CT molecular complexity index is 579. The summed E-state index contributed by atoms with van der Waals surface area (Å²) in [4.78, 5) is 0. The third kappa shape index (κ3) is 2.80. The zero-order valence-corrected chi connectivity index (χ0v) is 11.4. The van der Waals surface area contributed by atoms with Crippen LogP contribution in [0.25, 0.3) is 11.3 Å². The first-order chi connectivity index (χ1) is 9.54. The number of nitrogens with two attached hydrogens (primary N) is 1. The van der Waals surface area contributed by atoms with Gasteiger partial charge in [0, 0.05) is 23.8 Å². The van der Waals surface area contributed by atoms with Crippen molar-refractivity contribution in [1.82, 2.24) is 9.78 Å². The average molecular weight is 281 g/mol. The molecule has 0 fully saturated rings. The summed E-state index contributed by atoms with van der Waals surface area (Å²) in [6, 6.07) is 6.08. The molecule has 0 spiro atoms. The number of rotatable bonds is 5. The molecule has 0 saturated carbocycles. The van der Waals surface area contributed by atoms with Crippen LogP contribution in [0.5, 0.6) is 0 Å². The largest absolute Gasteiger partial charge is 0.384 e. The van der Waals surface area contributed by atoms with Gasteiger partial charge in [0.05, 0.1) is 18.8 Å². The zero-order valence-electron chi connectivity index (χ0n) is 11.4. The lowest BCUT2D eigenvalue weighted by Crippen LogP contribution is -2.09. The van der Waals surface area contributed by atoms with E-state index in [9.17, 15) is 8.78 Å². The van der Waals surface area contributed by atoms with Gasteiger partial charge in [-0.15, -0.1) is 0 Å². The molecule has 20 heavy (non-hydrogen) atoms. The topological polar surface area (TPSA) is 53.1 Å². The van der Waals surface area contributed by atoms with E-state index in [0.717, 1.165) is 11.1 Å². The van der Waals surface area contributed by atoms with Gasteiger partial charge in [0.1, 0.15) is 5.82 Å². The van der Waals surface area contributed by atoms with Gasteiger partial charge in [-0.3, -0.25) is 0 Å². The van der Waals surface area contributed by atoms with Crippen LogP contribution in [0.2, 0.25) is 0 Å². The summed E-state index contributed by atoms with van der Waals surface area (Å²) in [5, 5.41) is 4.42. The van der Waals surface area contributed by atoms with Gasteiger partial charge in [0.15, 0.2) is 0 Å². The van der Waals surface area contributed by atoms with Crippen LogP contribution < -0.4 is 5.73 Å². The highest BCUT2D eigenvalue weighted by atomic mass is 19.3. The highest BCUT2D eigenvalue weighted by molar-refractivity contribution is 5.68. The molecule has 0 radical (unpaired) electrons. The maximum absolute atomic E-state index is 12.5. The molecule has 2 N–H and O–H groups in total. The predicted octanol–water partition coefficient (Wildman–Crippen LogP) is 3.02. The highest BCUT2D eigenvalue weighted by Gasteiger charge is 2.14. The van der Waals surface area contributed by atoms with Crippen LogP contribution in [0.1, 0.15) is 17.6 Å². The SMILES string of the molecule is COCCn1nc(-c2ccc(C(F)F)cc2)c(C)c1N. The maximum atomic E-state index is 12.5. The van der Waals surface area contributed by atoms with E-state index in [2.05, 4.69) is 5.10 Å². The fourth-order valence-corrected chi connectivity index (χ4v) is 1.97. The van der Waals surface area contributed by atoms with Crippen molar-refractivity contribution in [3.05, 3.63) is 35.4 Å². The molecule has 0 saturated heterocycles. The monoisotopic (exact) mass is 281 g/mol. The molecule has 108 valence electrons. The standard InChI is InChI=1S/C14H17F2N3O/c1-9-12(18-19(14(9)17)7-8-20-2)10-3-5-11(6-4-10)13(15)16/h3-6,13H,7-8,17H2,1-2H3. The van der Waals surface area contributed by atoms with Crippen molar-refractivity contribution < 1.29 is 13.5 Å². The Balaban J connectivity index is 2.32. The number of alkyl halides is 2. The van der Waals surface area contributed by atoms with E-state index in [1.165, 1.54) is 12.1 Å². The Labute approximate surface area is 116 Å². The van der Waals surface area contributed by atoms with Crippen molar-refractivity contribution in [3.8, 4) is 11.3 Å². The number of ether oxygens (including phenoxy) is 1. The van der Waals surface area contributed by atoms with E-state index in [-0.39, 0.29) is 5.56 Å². The van der Waals surface area contributed by atoms with Crippen LogP contribution in [-0.4, -0.2) is 23.5 Å². The van der Waals surface area contributed by atoms with Gasteiger partial charge >= 0.3 is 0 Å². The molecule has 0 atom stereocenters. The number of hydrogen-bond acceptors (Lipinski definition) is 3. The summed E-state index contributed by atoms with van der Waals surface area (Å²) in [6.45, 7) is 2.93.